The van der Waals surface area contributed by atoms with Gasteiger partial charge in [-0.05, 0) is 36.8 Å². The summed E-state index contributed by atoms with van der Waals surface area (Å²) in [6.07, 6.45) is -0.727. The number of hydrogen-bond acceptors (Lipinski definition) is 3. The van der Waals surface area contributed by atoms with Crippen LogP contribution in [0.1, 0.15) is 24.2 Å². The molecular weight excluding hydrogens is 278 g/mol. The van der Waals surface area contributed by atoms with E-state index in [1.807, 2.05) is 0 Å². The molecule has 0 saturated carbocycles. The molecule has 0 saturated heterocycles. The molecule has 2 aromatic carbocycles. The Hall–Kier alpha value is -2.14. The van der Waals surface area contributed by atoms with Gasteiger partial charge in [0.2, 0.25) is 0 Å². The lowest BCUT2D eigenvalue weighted by atomic mass is 10.1. The highest BCUT2D eigenvalue weighted by Crippen LogP contribution is 2.30. The molecule has 2 aromatic rings. The van der Waals surface area contributed by atoms with Gasteiger partial charge in [-0.2, -0.15) is 0 Å². The summed E-state index contributed by atoms with van der Waals surface area (Å²) in [5, 5.41) is 9.71. The first-order chi connectivity index (χ1) is 9.99. The average Bonchev–Trinajstić information content (AvgIpc) is 2.43. The van der Waals surface area contributed by atoms with Crippen LogP contribution in [0.2, 0.25) is 0 Å². The highest BCUT2D eigenvalue weighted by Gasteiger charge is 2.11. The molecule has 112 valence electrons. The van der Waals surface area contributed by atoms with Crippen molar-refractivity contribution in [1.29, 1.82) is 0 Å². The zero-order valence-electron chi connectivity index (χ0n) is 11.8. The summed E-state index contributed by atoms with van der Waals surface area (Å²) >= 11 is 0. The molecule has 1 N–H and O–H groups in total. The van der Waals surface area contributed by atoms with Gasteiger partial charge < -0.3 is 14.6 Å². The molecule has 0 spiro atoms. The van der Waals surface area contributed by atoms with Crippen LogP contribution in [0.15, 0.2) is 36.4 Å². The predicted octanol–water partition coefficient (Wildman–Crippen LogP) is 3.61. The minimum Gasteiger partial charge on any atom is -0.497 e. The Balaban J connectivity index is 2.21. The van der Waals surface area contributed by atoms with Crippen molar-refractivity contribution >= 4 is 0 Å². The van der Waals surface area contributed by atoms with E-state index in [4.69, 9.17) is 9.47 Å². The molecular formula is C16H16F2O3. The molecule has 0 aliphatic carbocycles. The van der Waals surface area contributed by atoms with Crippen LogP contribution in [-0.4, -0.2) is 12.2 Å². The highest BCUT2D eigenvalue weighted by molar-refractivity contribution is 5.42. The smallest absolute Gasteiger partial charge is 0.129 e. The molecule has 0 aliphatic heterocycles. The lowest BCUT2D eigenvalue weighted by Crippen LogP contribution is -2.02. The van der Waals surface area contributed by atoms with Gasteiger partial charge in [0.25, 0.3) is 0 Å². The SMILES string of the molecule is COc1ccc([C@@H](C)O)c(OCc2cc(F)cc(F)c2)c1. The van der Waals surface area contributed by atoms with Crippen molar-refractivity contribution in [3.05, 3.63) is 59.2 Å². The number of benzene rings is 2. The third-order valence-electron chi connectivity index (χ3n) is 2.99. The van der Waals surface area contributed by atoms with E-state index in [-0.39, 0.29) is 6.61 Å². The van der Waals surface area contributed by atoms with Crippen LogP contribution in [0, 0.1) is 11.6 Å². The number of ether oxygens (including phenoxy) is 2. The van der Waals surface area contributed by atoms with E-state index in [1.165, 1.54) is 19.2 Å². The lowest BCUT2D eigenvalue weighted by Gasteiger charge is -2.15. The maximum atomic E-state index is 13.1. The number of methoxy groups -OCH3 is 1. The van der Waals surface area contributed by atoms with Crippen molar-refractivity contribution in [2.75, 3.05) is 7.11 Å². The number of rotatable bonds is 5. The van der Waals surface area contributed by atoms with Crippen LogP contribution in [0.4, 0.5) is 8.78 Å². The third kappa shape index (κ3) is 3.92. The quantitative estimate of drug-likeness (QED) is 0.915. The van der Waals surface area contributed by atoms with Crippen molar-refractivity contribution in [2.24, 2.45) is 0 Å². The molecule has 0 unspecified atom stereocenters. The normalized spacial score (nSPS) is 12.0. The molecule has 0 fully saturated rings. The molecule has 0 amide bonds. The van der Waals surface area contributed by atoms with Crippen molar-refractivity contribution in [2.45, 2.75) is 19.6 Å². The molecule has 0 bridgehead atoms. The van der Waals surface area contributed by atoms with E-state index in [9.17, 15) is 13.9 Å². The fourth-order valence-corrected chi connectivity index (χ4v) is 1.97. The third-order valence-corrected chi connectivity index (χ3v) is 2.99. The number of halogens is 2. The molecule has 21 heavy (non-hydrogen) atoms. The van der Waals surface area contributed by atoms with E-state index in [0.717, 1.165) is 6.07 Å². The Morgan fingerprint density at radius 1 is 1.10 bits per heavy atom. The summed E-state index contributed by atoms with van der Waals surface area (Å²) in [7, 11) is 1.52. The first-order valence-corrected chi connectivity index (χ1v) is 6.43. The van der Waals surface area contributed by atoms with Crippen LogP contribution < -0.4 is 9.47 Å². The predicted molar refractivity (Wildman–Crippen MR) is 74.3 cm³/mol. The minimum atomic E-state index is -0.727. The summed E-state index contributed by atoms with van der Waals surface area (Å²) in [5.41, 5.74) is 0.944. The van der Waals surface area contributed by atoms with Gasteiger partial charge >= 0.3 is 0 Å². The summed E-state index contributed by atoms with van der Waals surface area (Å²) in [4.78, 5) is 0. The van der Waals surface area contributed by atoms with Crippen molar-refractivity contribution in [1.82, 2.24) is 0 Å². The lowest BCUT2D eigenvalue weighted by molar-refractivity contribution is 0.189. The second-order valence-electron chi connectivity index (χ2n) is 4.65. The van der Waals surface area contributed by atoms with Gasteiger partial charge in [-0.15, -0.1) is 0 Å². The van der Waals surface area contributed by atoms with Crippen LogP contribution in [-0.2, 0) is 6.61 Å². The Bertz CT molecular complexity index is 607. The van der Waals surface area contributed by atoms with E-state index < -0.39 is 17.7 Å². The van der Waals surface area contributed by atoms with Crippen LogP contribution in [0.3, 0.4) is 0 Å². The molecule has 0 radical (unpaired) electrons. The number of hydrogen-bond donors (Lipinski definition) is 1. The Labute approximate surface area is 121 Å². The van der Waals surface area contributed by atoms with E-state index in [2.05, 4.69) is 0 Å². The number of aliphatic hydroxyl groups is 1. The van der Waals surface area contributed by atoms with Gasteiger partial charge in [0, 0.05) is 17.7 Å². The second kappa shape index (κ2) is 6.54. The second-order valence-corrected chi connectivity index (χ2v) is 4.65. The van der Waals surface area contributed by atoms with Gasteiger partial charge in [-0.3, -0.25) is 0 Å². The van der Waals surface area contributed by atoms with E-state index >= 15 is 0 Å². The Morgan fingerprint density at radius 3 is 2.33 bits per heavy atom. The van der Waals surface area contributed by atoms with E-state index in [1.54, 1.807) is 25.1 Å². The molecule has 3 nitrogen and oxygen atoms in total. The maximum Gasteiger partial charge on any atom is 0.129 e. The number of aliphatic hydroxyl groups excluding tert-OH is 1. The van der Waals surface area contributed by atoms with Gasteiger partial charge in [0.05, 0.1) is 13.2 Å². The summed E-state index contributed by atoms with van der Waals surface area (Å²) in [6, 6.07) is 8.21. The minimum absolute atomic E-state index is 0.0123. The average molecular weight is 294 g/mol. The fourth-order valence-electron chi connectivity index (χ4n) is 1.97. The van der Waals surface area contributed by atoms with Gasteiger partial charge in [-0.25, -0.2) is 8.78 Å². The summed E-state index contributed by atoms with van der Waals surface area (Å²) in [5.74, 6) is -0.334. The molecule has 0 heterocycles. The molecule has 0 aliphatic rings. The zero-order chi connectivity index (χ0) is 15.4. The standard InChI is InChI=1S/C16H16F2O3/c1-10(19)15-4-3-14(20-2)8-16(15)21-9-11-5-12(17)7-13(18)6-11/h3-8,10,19H,9H2,1-2H3/t10-/m1/s1. The summed E-state index contributed by atoms with van der Waals surface area (Å²) < 4.78 is 36.9. The molecule has 0 aromatic heterocycles. The van der Waals surface area contributed by atoms with E-state index in [0.29, 0.717) is 22.6 Å². The van der Waals surface area contributed by atoms with Crippen molar-refractivity contribution in [3.8, 4) is 11.5 Å². The molecule has 2 rings (SSSR count). The first-order valence-electron chi connectivity index (χ1n) is 6.43. The topological polar surface area (TPSA) is 38.7 Å². The van der Waals surface area contributed by atoms with Crippen molar-refractivity contribution in [3.63, 3.8) is 0 Å². The first kappa shape index (κ1) is 15.3. The maximum absolute atomic E-state index is 13.1. The van der Waals surface area contributed by atoms with Gasteiger partial charge in [0.1, 0.15) is 29.7 Å². The zero-order valence-corrected chi connectivity index (χ0v) is 11.8. The van der Waals surface area contributed by atoms with Gasteiger partial charge in [-0.1, -0.05) is 0 Å². The monoisotopic (exact) mass is 294 g/mol. The summed E-state index contributed by atoms with van der Waals surface area (Å²) in [6.45, 7) is 1.60. The largest absolute Gasteiger partial charge is 0.497 e. The highest BCUT2D eigenvalue weighted by atomic mass is 19.1. The van der Waals surface area contributed by atoms with Crippen LogP contribution >= 0.6 is 0 Å². The van der Waals surface area contributed by atoms with Crippen molar-refractivity contribution < 1.29 is 23.4 Å². The molecule has 5 heteroatoms. The Kier molecular flexibility index (Phi) is 4.75. The Morgan fingerprint density at radius 2 is 1.76 bits per heavy atom. The van der Waals surface area contributed by atoms with Gasteiger partial charge in [0.15, 0.2) is 0 Å². The van der Waals surface area contributed by atoms with Crippen LogP contribution in [0.5, 0.6) is 11.5 Å². The fraction of sp³-hybridized carbons (Fsp3) is 0.250. The van der Waals surface area contributed by atoms with Crippen LogP contribution in [0.25, 0.3) is 0 Å². The molecule has 1 atom stereocenters.